The van der Waals surface area contributed by atoms with E-state index in [0.717, 1.165) is 18.8 Å². The summed E-state index contributed by atoms with van der Waals surface area (Å²) in [7, 11) is -2.76. The molecule has 3 nitrogen and oxygen atoms in total. The second-order valence-corrected chi connectivity index (χ2v) is 7.63. The number of hydrogen-bond acceptors (Lipinski definition) is 3. The predicted molar refractivity (Wildman–Crippen MR) is 66.2 cm³/mol. The van der Waals surface area contributed by atoms with Crippen molar-refractivity contribution < 1.29 is 8.42 Å². The fraction of sp³-hybridized carbons (Fsp3) is 1.00. The maximum atomic E-state index is 11.5. The first-order chi connectivity index (χ1) is 7.59. The van der Waals surface area contributed by atoms with Gasteiger partial charge in [0.2, 0.25) is 0 Å². The SMILES string of the molecule is CCC1CCC(NC2CCCS(=O)(=O)C2)C1. The lowest BCUT2D eigenvalue weighted by atomic mass is 10.1. The molecule has 0 aromatic heterocycles. The molecule has 1 saturated heterocycles. The second kappa shape index (κ2) is 5.05. The van der Waals surface area contributed by atoms with Crippen LogP contribution in [0.25, 0.3) is 0 Å². The zero-order chi connectivity index (χ0) is 11.6. The monoisotopic (exact) mass is 245 g/mol. The molecule has 3 atom stereocenters. The lowest BCUT2D eigenvalue weighted by Crippen LogP contribution is -2.44. The van der Waals surface area contributed by atoms with Crippen molar-refractivity contribution in [2.75, 3.05) is 11.5 Å². The first-order valence-corrected chi connectivity index (χ1v) is 8.37. The Labute approximate surface area is 98.9 Å². The Morgan fingerprint density at radius 1 is 1.19 bits per heavy atom. The van der Waals surface area contributed by atoms with Gasteiger partial charge in [0.25, 0.3) is 0 Å². The van der Waals surface area contributed by atoms with E-state index in [-0.39, 0.29) is 6.04 Å². The van der Waals surface area contributed by atoms with Gasteiger partial charge in [-0.15, -0.1) is 0 Å². The molecule has 1 saturated carbocycles. The van der Waals surface area contributed by atoms with Gasteiger partial charge in [0.1, 0.15) is 0 Å². The van der Waals surface area contributed by atoms with Gasteiger partial charge in [-0.3, -0.25) is 0 Å². The van der Waals surface area contributed by atoms with E-state index in [2.05, 4.69) is 12.2 Å². The summed E-state index contributed by atoms with van der Waals surface area (Å²) in [6.07, 6.45) is 6.92. The summed E-state index contributed by atoms with van der Waals surface area (Å²) in [5.74, 6) is 1.62. The molecule has 2 rings (SSSR count). The van der Waals surface area contributed by atoms with Crippen LogP contribution < -0.4 is 5.32 Å². The Morgan fingerprint density at radius 2 is 2.00 bits per heavy atom. The van der Waals surface area contributed by atoms with Gasteiger partial charge in [-0.05, 0) is 38.0 Å². The van der Waals surface area contributed by atoms with Crippen LogP contribution in [0.3, 0.4) is 0 Å². The highest BCUT2D eigenvalue weighted by Crippen LogP contribution is 2.28. The first kappa shape index (κ1) is 12.4. The highest BCUT2D eigenvalue weighted by molar-refractivity contribution is 7.91. The van der Waals surface area contributed by atoms with Crippen LogP contribution in [0.1, 0.15) is 45.4 Å². The van der Waals surface area contributed by atoms with Crippen LogP contribution >= 0.6 is 0 Å². The summed E-state index contributed by atoms with van der Waals surface area (Å²) in [4.78, 5) is 0. The van der Waals surface area contributed by atoms with Crippen LogP contribution in [0.15, 0.2) is 0 Å². The molecule has 0 bridgehead atoms. The summed E-state index contributed by atoms with van der Waals surface area (Å²) in [6.45, 7) is 2.25. The quantitative estimate of drug-likeness (QED) is 0.823. The molecule has 0 spiro atoms. The van der Waals surface area contributed by atoms with E-state index >= 15 is 0 Å². The molecule has 1 aliphatic carbocycles. The molecule has 0 radical (unpaired) electrons. The molecule has 94 valence electrons. The molecule has 1 heterocycles. The summed E-state index contributed by atoms with van der Waals surface area (Å²) in [5.41, 5.74) is 0. The Kier molecular flexibility index (Phi) is 3.90. The summed E-state index contributed by atoms with van der Waals surface area (Å²) >= 11 is 0. The van der Waals surface area contributed by atoms with E-state index in [1.807, 2.05) is 0 Å². The van der Waals surface area contributed by atoms with Crippen molar-refractivity contribution in [1.82, 2.24) is 5.32 Å². The number of hydrogen-bond donors (Lipinski definition) is 1. The molecule has 16 heavy (non-hydrogen) atoms. The summed E-state index contributed by atoms with van der Waals surface area (Å²) < 4.78 is 23.0. The van der Waals surface area contributed by atoms with Crippen molar-refractivity contribution in [2.24, 2.45) is 5.92 Å². The third-order valence-corrected chi connectivity index (χ3v) is 5.87. The molecule has 0 aromatic carbocycles. The molecule has 1 aliphatic heterocycles. The minimum Gasteiger partial charge on any atom is -0.310 e. The van der Waals surface area contributed by atoms with E-state index in [9.17, 15) is 8.42 Å². The van der Waals surface area contributed by atoms with Crippen molar-refractivity contribution in [3.05, 3.63) is 0 Å². The van der Waals surface area contributed by atoms with Gasteiger partial charge >= 0.3 is 0 Å². The zero-order valence-corrected chi connectivity index (χ0v) is 10.9. The highest BCUT2D eigenvalue weighted by Gasteiger charge is 2.29. The van der Waals surface area contributed by atoms with E-state index in [0.29, 0.717) is 17.5 Å². The lowest BCUT2D eigenvalue weighted by Gasteiger charge is -2.26. The smallest absolute Gasteiger partial charge is 0.151 e. The largest absolute Gasteiger partial charge is 0.310 e. The van der Waals surface area contributed by atoms with Gasteiger partial charge in [0, 0.05) is 12.1 Å². The average molecular weight is 245 g/mol. The van der Waals surface area contributed by atoms with Gasteiger partial charge in [-0.25, -0.2) is 8.42 Å². The third-order valence-electron chi connectivity index (χ3n) is 4.05. The standard InChI is InChI=1S/C12H23NO2S/c1-2-10-5-6-11(8-10)13-12-4-3-7-16(14,15)9-12/h10-13H,2-9H2,1H3. The normalized spacial score (nSPS) is 38.7. The fourth-order valence-electron chi connectivity index (χ4n) is 3.08. The van der Waals surface area contributed by atoms with Gasteiger partial charge in [-0.1, -0.05) is 13.3 Å². The molecular formula is C12H23NO2S. The molecule has 1 N–H and O–H groups in total. The van der Waals surface area contributed by atoms with E-state index in [1.165, 1.54) is 25.7 Å². The number of nitrogens with one attached hydrogen (secondary N) is 1. The average Bonchev–Trinajstić information content (AvgIpc) is 2.64. The summed E-state index contributed by atoms with van der Waals surface area (Å²) in [5, 5.41) is 3.56. The van der Waals surface area contributed by atoms with Crippen LogP contribution in [0.5, 0.6) is 0 Å². The number of rotatable bonds is 3. The molecule has 0 aromatic rings. The third kappa shape index (κ3) is 3.20. The Bertz CT molecular complexity index is 326. The Balaban J connectivity index is 1.82. The van der Waals surface area contributed by atoms with Gasteiger partial charge < -0.3 is 5.32 Å². The Hall–Kier alpha value is -0.0900. The van der Waals surface area contributed by atoms with Crippen LogP contribution in [0, 0.1) is 5.92 Å². The minimum atomic E-state index is -2.76. The highest BCUT2D eigenvalue weighted by atomic mass is 32.2. The van der Waals surface area contributed by atoms with E-state index < -0.39 is 9.84 Å². The van der Waals surface area contributed by atoms with Gasteiger partial charge in [-0.2, -0.15) is 0 Å². The van der Waals surface area contributed by atoms with Crippen LogP contribution in [-0.4, -0.2) is 32.0 Å². The van der Waals surface area contributed by atoms with Gasteiger partial charge in [0.05, 0.1) is 11.5 Å². The molecule has 4 heteroatoms. The van der Waals surface area contributed by atoms with Crippen LogP contribution in [0.2, 0.25) is 0 Å². The molecular weight excluding hydrogens is 222 g/mol. The van der Waals surface area contributed by atoms with Crippen molar-refractivity contribution >= 4 is 9.84 Å². The van der Waals surface area contributed by atoms with Crippen LogP contribution in [-0.2, 0) is 9.84 Å². The summed E-state index contributed by atoms with van der Waals surface area (Å²) in [6, 6.07) is 0.794. The molecule has 2 aliphatic rings. The van der Waals surface area contributed by atoms with Gasteiger partial charge in [0.15, 0.2) is 9.84 Å². The lowest BCUT2D eigenvalue weighted by molar-refractivity contribution is 0.405. The fourth-order valence-corrected chi connectivity index (χ4v) is 4.73. The minimum absolute atomic E-state index is 0.222. The molecule has 3 unspecified atom stereocenters. The van der Waals surface area contributed by atoms with Crippen molar-refractivity contribution in [3.63, 3.8) is 0 Å². The van der Waals surface area contributed by atoms with Crippen molar-refractivity contribution in [3.8, 4) is 0 Å². The molecule has 2 fully saturated rings. The van der Waals surface area contributed by atoms with E-state index in [1.54, 1.807) is 0 Å². The van der Waals surface area contributed by atoms with Crippen molar-refractivity contribution in [1.29, 1.82) is 0 Å². The Morgan fingerprint density at radius 3 is 2.62 bits per heavy atom. The topological polar surface area (TPSA) is 46.2 Å². The first-order valence-electron chi connectivity index (χ1n) is 6.55. The maximum absolute atomic E-state index is 11.5. The van der Waals surface area contributed by atoms with Crippen molar-refractivity contribution in [2.45, 2.75) is 57.5 Å². The van der Waals surface area contributed by atoms with Crippen LogP contribution in [0.4, 0.5) is 0 Å². The molecule has 0 amide bonds. The zero-order valence-electron chi connectivity index (χ0n) is 10.1. The van der Waals surface area contributed by atoms with E-state index in [4.69, 9.17) is 0 Å². The number of sulfone groups is 1. The maximum Gasteiger partial charge on any atom is 0.151 e. The second-order valence-electron chi connectivity index (χ2n) is 5.40. The predicted octanol–water partition coefficient (Wildman–Crippen LogP) is 1.73.